The van der Waals surface area contributed by atoms with Gasteiger partial charge in [-0.05, 0) is 44.6 Å². The van der Waals surface area contributed by atoms with Crippen molar-refractivity contribution < 1.29 is 5.11 Å². The quantitative estimate of drug-likeness (QED) is 0.758. The SMILES string of the molecule is CCC(CC)(CO)CNc1ccc(CN(C)C)cc1. The molecular weight excluding hydrogens is 236 g/mol. The van der Waals surface area contributed by atoms with Gasteiger partial charge in [-0.2, -0.15) is 0 Å². The van der Waals surface area contributed by atoms with Crippen LogP contribution in [0.2, 0.25) is 0 Å². The van der Waals surface area contributed by atoms with Gasteiger partial charge in [0.15, 0.2) is 0 Å². The smallest absolute Gasteiger partial charge is 0.0504 e. The number of benzene rings is 1. The number of aliphatic hydroxyl groups is 1. The minimum Gasteiger partial charge on any atom is -0.396 e. The zero-order valence-electron chi connectivity index (χ0n) is 12.7. The van der Waals surface area contributed by atoms with Crippen LogP contribution in [0.15, 0.2) is 24.3 Å². The summed E-state index contributed by atoms with van der Waals surface area (Å²) in [5, 5.41) is 13.0. The van der Waals surface area contributed by atoms with Gasteiger partial charge in [-0.1, -0.05) is 26.0 Å². The van der Waals surface area contributed by atoms with Crippen LogP contribution in [0.25, 0.3) is 0 Å². The van der Waals surface area contributed by atoms with E-state index in [1.54, 1.807) is 0 Å². The molecule has 3 nitrogen and oxygen atoms in total. The number of rotatable bonds is 8. The second-order valence-electron chi connectivity index (χ2n) is 5.65. The number of hydrogen-bond donors (Lipinski definition) is 2. The van der Waals surface area contributed by atoms with Crippen LogP contribution in [-0.2, 0) is 6.54 Å². The number of aliphatic hydroxyl groups excluding tert-OH is 1. The summed E-state index contributed by atoms with van der Waals surface area (Å²) >= 11 is 0. The highest BCUT2D eigenvalue weighted by molar-refractivity contribution is 5.44. The third kappa shape index (κ3) is 4.84. The molecule has 0 saturated heterocycles. The van der Waals surface area contributed by atoms with Crippen molar-refractivity contribution in [2.75, 3.05) is 32.6 Å². The van der Waals surface area contributed by atoms with E-state index in [1.165, 1.54) is 5.56 Å². The van der Waals surface area contributed by atoms with Crippen molar-refractivity contribution in [3.63, 3.8) is 0 Å². The third-order valence-electron chi connectivity index (χ3n) is 3.96. The van der Waals surface area contributed by atoms with Crippen LogP contribution in [0.3, 0.4) is 0 Å². The Bertz CT molecular complexity index is 347. The Morgan fingerprint density at radius 3 is 2.11 bits per heavy atom. The minimum absolute atomic E-state index is 0.00229. The molecule has 0 saturated carbocycles. The van der Waals surface area contributed by atoms with E-state index in [0.29, 0.717) is 0 Å². The Labute approximate surface area is 117 Å². The standard InChI is InChI=1S/C16H28N2O/c1-5-16(6-2,13-19)12-17-15-9-7-14(8-10-15)11-18(3)4/h7-10,17,19H,5-6,11-13H2,1-4H3. The highest BCUT2D eigenvalue weighted by Gasteiger charge is 2.24. The van der Waals surface area contributed by atoms with E-state index in [9.17, 15) is 5.11 Å². The van der Waals surface area contributed by atoms with Crippen molar-refractivity contribution in [1.29, 1.82) is 0 Å². The first kappa shape index (κ1) is 16.0. The Balaban J connectivity index is 2.58. The zero-order valence-corrected chi connectivity index (χ0v) is 12.7. The maximum absolute atomic E-state index is 9.55. The molecule has 1 aromatic rings. The summed E-state index contributed by atoms with van der Waals surface area (Å²) in [6, 6.07) is 8.54. The molecule has 2 N–H and O–H groups in total. The number of hydrogen-bond acceptors (Lipinski definition) is 3. The van der Waals surface area contributed by atoms with Gasteiger partial charge < -0.3 is 15.3 Å². The summed E-state index contributed by atoms with van der Waals surface area (Å²) in [7, 11) is 4.15. The largest absolute Gasteiger partial charge is 0.396 e. The van der Waals surface area contributed by atoms with Gasteiger partial charge in [-0.15, -0.1) is 0 Å². The normalized spacial score (nSPS) is 11.9. The number of nitrogens with zero attached hydrogens (tertiary/aromatic N) is 1. The maximum Gasteiger partial charge on any atom is 0.0504 e. The van der Waals surface area contributed by atoms with Crippen molar-refractivity contribution in [1.82, 2.24) is 4.90 Å². The fraction of sp³-hybridized carbons (Fsp3) is 0.625. The van der Waals surface area contributed by atoms with Crippen molar-refractivity contribution >= 4 is 5.69 Å². The summed E-state index contributed by atoms with van der Waals surface area (Å²) in [6.07, 6.45) is 1.98. The van der Waals surface area contributed by atoms with Crippen LogP contribution in [-0.4, -0.2) is 37.3 Å². The van der Waals surface area contributed by atoms with E-state index >= 15 is 0 Å². The monoisotopic (exact) mass is 264 g/mol. The fourth-order valence-corrected chi connectivity index (χ4v) is 2.16. The maximum atomic E-state index is 9.55. The van der Waals surface area contributed by atoms with Crippen molar-refractivity contribution in [2.24, 2.45) is 5.41 Å². The first-order chi connectivity index (χ1) is 9.05. The molecule has 0 heterocycles. The number of nitrogens with one attached hydrogen (secondary N) is 1. The lowest BCUT2D eigenvalue weighted by molar-refractivity contribution is 0.127. The molecule has 108 valence electrons. The fourth-order valence-electron chi connectivity index (χ4n) is 2.16. The Morgan fingerprint density at radius 2 is 1.68 bits per heavy atom. The van der Waals surface area contributed by atoms with Gasteiger partial charge in [0.05, 0.1) is 6.61 Å². The lowest BCUT2D eigenvalue weighted by Crippen LogP contribution is -2.32. The van der Waals surface area contributed by atoms with Gasteiger partial charge in [-0.25, -0.2) is 0 Å². The summed E-state index contributed by atoms with van der Waals surface area (Å²) in [5.74, 6) is 0. The molecule has 0 bridgehead atoms. The van der Waals surface area contributed by atoms with Crippen molar-refractivity contribution in [3.05, 3.63) is 29.8 Å². The second kappa shape index (κ2) is 7.51. The minimum atomic E-state index is 0.00229. The van der Waals surface area contributed by atoms with Gasteiger partial charge in [0.1, 0.15) is 0 Å². The molecular formula is C16H28N2O. The van der Waals surface area contributed by atoms with E-state index in [2.05, 4.69) is 62.4 Å². The van der Waals surface area contributed by atoms with E-state index in [4.69, 9.17) is 0 Å². The van der Waals surface area contributed by atoms with Crippen molar-refractivity contribution in [3.8, 4) is 0 Å². The lowest BCUT2D eigenvalue weighted by Gasteiger charge is -2.30. The molecule has 0 aliphatic heterocycles. The summed E-state index contributed by atoms with van der Waals surface area (Å²) in [6.45, 7) is 6.31. The molecule has 19 heavy (non-hydrogen) atoms. The molecule has 0 unspecified atom stereocenters. The third-order valence-corrected chi connectivity index (χ3v) is 3.96. The molecule has 0 aromatic heterocycles. The highest BCUT2D eigenvalue weighted by atomic mass is 16.3. The van der Waals surface area contributed by atoms with Crippen LogP contribution in [0, 0.1) is 5.41 Å². The van der Waals surface area contributed by atoms with Crippen LogP contribution < -0.4 is 5.32 Å². The Kier molecular flexibility index (Phi) is 6.32. The van der Waals surface area contributed by atoms with Gasteiger partial charge in [0, 0.05) is 24.2 Å². The van der Waals surface area contributed by atoms with E-state index < -0.39 is 0 Å². The van der Waals surface area contributed by atoms with Crippen molar-refractivity contribution in [2.45, 2.75) is 33.2 Å². The van der Waals surface area contributed by atoms with Gasteiger partial charge >= 0.3 is 0 Å². The Hall–Kier alpha value is -1.06. The predicted molar refractivity (Wildman–Crippen MR) is 82.4 cm³/mol. The topological polar surface area (TPSA) is 35.5 Å². The first-order valence-corrected chi connectivity index (χ1v) is 7.13. The van der Waals surface area contributed by atoms with Crippen LogP contribution in [0.1, 0.15) is 32.3 Å². The van der Waals surface area contributed by atoms with E-state index in [-0.39, 0.29) is 12.0 Å². The lowest BCUT2D eigenvalue weighted by atomic mass is 9.83. The average Bonchev–Trinajstić information content (AvgIpc) is 2.42. The number of anilines is 1. The van der Waals surface area contributed by atoms with E-state index in [1.807, 2.05) is 0 Å². The zero-order chi connectivity index (χ0) is 14.3. The first-order valence-electron chi connectivity index (χ1n) is 7.13. The summed E-state index contributed by atoms with van der Waals surface area (Å²) in [4.78, 5) is 2.16. The average molecular weight is 264 g/mol. The van der Waals surface area contributed by atoms with Crippen LogP contribution in [0.5, 0.6) is 0 Å². The Morgan fingerprint density at radius 1 is 1.11 bits per heavy atom. The molecule has 0 aliphatic rings. The van der Waals surface area contributed by atoms with Crippen LogP contribution >= 0.6 is 0 Å². The molecule has 0 atom stereocenters. The summed E-state index contributed by atoms with van der Waals surface area (Å²) in [5.41, 5.74) is 2.44. The van der Waals surface area contributed by atoms with Gasteiger partial charge in [0.2, 0.25) is 0 Å². The summed E-state index contributed by atoms with van der Waals surface area (Å²) < 4.78 is 0. The molecule has 0 radical (unpaired) electrons. The molecule has 0 aliphatic carbocycles. The molecule has 1 aromatic carbocycles. The second-order valence-corrected chi connectivity index (χ2v) is 5.65. The molecule has 0 spiro atoms. The molecule has 0 fully saturated rings. The highest BCUT2D eigenvalue weighted by Crippen LogP contribution is 2.26. The van der Waals surface area contributed by atoms with Gasteiger partial charge in [-0.3, -0.25) is 0 Å². The molecule has 1 rings (SSSR count). The van der Waals surface area contributed by atoms with Crippen LogP contribution in [0.4, 0.5) is 5.69 Å². The molecule has 0 amide bonds. The van der Waals surface area contributed by atoms with Gasteiger partial charge in [0.25, 0.3) is 0 Å². The predicted octanol–water partition coefficient (Wildman–Crippen LogP) is 2.96. The van der Waals surface area contributed by atoms with E-state index in [0.717, 1.165) is 31.6 Å². The molecule has 3 heteroatoms.